The van der Waals surface area contributed by atoms with Crippen molar-refractivity contribution in [2.75, 3.05) is 0 Å². The maximum Gasteiger partial charge on any atom is 0.198 e. The number of fused-ring (bicyclic) bond motifs is 12. The number of rotatable bonds is 2. The molecule has 0 radical (unpaired) electrons. The Morgan fingerprint density at radius 1 is 0.733 bits per heavy atom. The smallest absolute Gasteiger partial charge is 0.198 e. The minimum atomic E-state index is -2.21. The van der Waals surface area contributed by atoms with Gasteiger partial charge in [-0.25, -0.2) is 17.6 Å². The van der Waals surface area contributed by atoms with Gasteiger partial charge >= 0.3 is 0 Å². The average Bonchev–Trinajstić information content (AvgIpc) is 3.52. The van der Waals surface area contributed by atoms with Gasteiger partial charge in [0.25, 0.3) is 0 Å². The van der Waals surface area contributed by atoms with Gasteiger partial charge in [-0.3, -0.25) is 0 Å². The maximum absolute atomic E-state index is 16.3. The van der Waals surface area contributed by atoms with Crippen LogP contribution in [-0.2, 0) is 17.3 Å². The standard InChI is InChI=1S/C38H28F4O3/c1-37(2)15-13-21-17-9-5-7-11-19(17)23-25(26-27(36(43)44)31(40)33(42)32(41)30(26)39)24-20-12-8-6-10-18(20)22-14-16-38(3,4)29(22)35(24)45-34(23)28(21)37/h5-13H,14-16H2,1-4H3,(H,43,44)/p-1. The van der Waals surface area contributed by atoms with Gasteiger partial charge in [-0.15, -0.1) is 0 Å². The summed E-state index contributed by atoms with van der Waals surface area (Å²) < 4.78 is 68.9. The number of carboxylic acid groups (broad SMARTS) is 1. The molecule has 2 aliphatic carbocycles. The summed E-state index contributed by atoms with van der Waals surface area (Å²) in [6, 6.07) is 14.8. The van der Waals surface area contributed by atoms with E-state index in [1.165, 1.54) is 0 Å². The number of carboxylic acids is 1. The van der Waals surface area contributed by atoms with Crippen LogP contribution in [0.25, 0.3) is 33.2 Å². The second-order valence-electron chi connectivity index (χ2n) is 13.6. The van der Waals surface area contributed by atoms with Crippen LogP contribution < -0.4 is 20.3 Å². The highest BCUT2D eigenvalue weighted by atomic mass is 19.2. The number of carbonyl (C=O) groups excluding carboxylic acids is 1. The first-order valence-electron chi connectivity index (χ1n) is 15.0. The molecule has 45 heavy (non-hydrogen) atoms. The Morgan fingerprint density at radius 2 is 1.36 bits per heavy atom. The van der Waals surface area contributed by atoms with Crippen molar-refractivity contribution < 1.29 is 32.2 Å². The van der Waals surface area contributed by atoms with Crippen LogP contribution in [0, 0.1) is 23.3 Å². The van der Waals surface area contributed by atoms with Crippen LogP contribution in [0.1, 0.15) is 78.7 Å². The van der Waals surface area contributed by atoms with E-state index in [0.29, 0.717) is 39.5 Å². The Kier molecular flexibility index (Phi) is 5.55. The van der Waals surface area contributed by atoms with Crippen LogP contribution in [0.15, 0.2) is 48.5 Å². The molecule has 0 saturated carbocycles. The highest BCUT2D eigenvalue weighted by Gasteiger charge is 2.43. The summed E-state index contributed by atoms with van der Waals surface area (Å²) in [4.78, 5) is 12.6. The number of benzene rings is 5. The summed E-state index contributed by atoms with van der Waals surface area (Å²) in [7, 11) is 0. The first kappa shape index (κ1) is 27.9. The van der Waals surface area contributed by atoms with E-state index in [1.54, 1.807) is 18.2 Å². The lowest BCUT2D eigenvalue weighted by atomic mass is 9.77. The molecule has 0 spiro atoms. The van der Waals surface area contributed by atoms with Crippen molar-refractivity contribution in [3.8, 4) is 11.5 Å². The molecule has 0 N–H and O–H groups in total. The number of ether oxygens (including phenoxy) is 1. The summed E-state index contributed by atoms with van der Waals surface area (Å²) >= 11 is 0. The van der Waals surface area contributed by atoms with Crippen molar-refractivity contribution in [3.63, 3.8) is 0 Å². The Balaban J connectivity index is 1.76. The molecule has 0 unspecified atom stereocenters. The predicted octanol–water partition coefficient (Wildman–Crippen LogP) is 6.95. The van der Waals surface area contributed by atoms with E-state index >= 15 is 13.2 Å². The molecule has 226 valence electrons. The lowest BCUT2D eigenvalue weighted by Crippen LogP contribution is -2.32. The third kappa shape index (κ3) is 3.49. The molecule has 1 heterocycles. The third-order valence-corrected chi connectivity index (χ3v) is 10.1. The molecule has 0 aromatic heterocycles. The highest BCUT2D eigenvalue weighted by Crippen LogP contribution is 2.55. The molecule has 0 atom stereocenters. The van der Waals surface area contributed by atoms with Crippen molar-refractivity contribution >= 4 is 39.2 Å². The first-order chi connectivity index (χ1) is 21.3. The molecule has 7 heteroatoms. The Labute approximate surface area is 256 Å². The molecule has 3 aliphatic rings. The van der Waals surface area contributed by atoms with Gasteiger partial charge in [0.15, 0.2) is 23.3 Å². The molecule has 5 aromatic rings. The fourth-order valence-electron chi connectivity index (χ4n) is 8.04. The quantitative estimate of drug-likeness (QED) is 0.122. The van der Waals surface area contributed by atoms with E-state index in [0.717, 1.165) is 45.5 Å². The van der Waals surface area contributed by atoms with Crippen LogP contribution in [0.5, 0.6) is 11.5 Å². The van der Waals surface area contributed by atoms with Crippen LogP contribution in [-0.4, -0.2) is 5.97 Å². The predicted molar refractivity (Wildman–Crippen MR) is 163 cm³/mol. The normalized spacial score (nSPS) is 17.0. The lowest BCUT2D eigenvalue weighted by Gasteiger charge is -2.33. The Morgan fingerprint density at radius 3 is 2.04 bits per heavy atom. The van der Waals surface area contributed by atoms with Gasteiger partial charge in [-0.05, 0) is 62.4 Å². The number of aromatic carboxylic acids is 1. The van der Waals surface area contributed by atoms with Crippen molar-refractivity contribution in [1.82, 2.24) is 0 Å². The zero-order valence-electron chi connectivity index (χ0n) is 25.1. The fraction of sp³-hybridized carbons (Fsp3) is 0.237. The number of halogens is 4. The van der Waals surface area contributed by atoms with E-state index in [-0.39, 0.29) is 5.57 Å². The number of hydrogen-bond acceptors (Lipinski definition) is 3. The van der Waals surface area contributed by atoms with Crippen molar-refractivity contribution in [3.05, 3.63) is 116 Å². The summed E-state index contributed by atoms with van der Waals surface area (Å²) in [6.07, 6.45) is 4.33. The third-order valence-electron chi connectivity index (χ3n) is 10.1. The van der Waals surface area contributed by atoms with Crippen LogP contribution in [0.4, 0.5) is 17.6 Å². The molecule has 3 nitrogen and oxygen atoms in total. The SMILES string of the molecule is CC1(C)CCc2c1c1c(c3ccccc23)C(c2c(F)c(F)c(F)c(F)c2C(=O)[O-])=c2c(c3c(c4ccccc24)=CCC3(C)C)O1. The van der Waals surface area contributed by atoms with Crippen LogP contribution in [0.3, 0.4) is 0 Å². The molecular weight excluding hydrogens is 580 g/mol. The van der Waals surface area contributed by atoms with Gasteiger partial charge in [0.2, 0.25) is 0 Å². The summed E-state index contributed by atoms with van der Waals surface area (Å²) in [5.41, 5.74) is -0.123. The van der Waals surface area contributed by atoms with Gasteiger partial charge in [0, 0.05) is 38.6 Å². The summed E-state index contributed by atoms with van der Waals surface area (Å²) in [6.45, 7) is 8.28. The van der Waals surface area contributed by atoms with Gasteiger partial charge in [-0.1, -0.05) is 82.3 Å². The van der Waals surface area contributed by atoms with Gasteiger partial charge < -0.3 is 14.6 Å². The zero-order chi connectivity index (χ0) is 31.7. The molecule has 0 saturated heterocycles. The van der Waals surface area contributed by atoms with E-state index in [1.807, 2.05) is 30.3 Å². The van der Waals surface area contributed by atoms with E-state index in [9.17, 15) is 14.3 Å². The molecule has 0 bridgehead atoms. The summed E-state index contributed by atoms with van der Waals surface area (Å²) in [5, 5.41) is 16.6. The van der Waals surface area contributed by atoms with Crippen molar-refractivity contribution in [2.45, 2.75) is 57.8 Å². The van der Waals surface area contributed by atoms with E-state index < -0.39 is 51.2 Å². The van der Waals surface area contributed by atoms with E-state index in [4.69, 9.17) is 4.74 Å². The molecule has 1 aliphatic heterocycles. The molecule has 0 fully saturated rings. The Bertz CT molecular complexity index is 2350. The second-order valence-corrected chi connectivity index (χ2v) is 13.6. The van der Waals surface area contributed by atoms with E-state index in [2.05, 4.69) is 33.8 Å². The number of carbonyl (C=O) groups is 1. The number of hydrogen-bond donors (Lipinski definition) is 0. The first-order valence-corrected chi connectivity index (χ1v) is 15.0. The maximum atomic E-state index is 16.3. The fourth-order valence-corrected chi connectivity index (χ4v) is 8.04. The monoisotopic (exact) mass is 607 g/mol. The van der Waals surface area contributed by atoms with Crippen LogP contribution >= 0.6 is 0 Å². The van der Waals surface area contributed by atoms with Crippen molar-refractivity contribution in [2.24, 2.45) is 0 Å². The van der Waals surface area contributed by atoms with Crippen molar-refractivity contribution in [1.29, 1.82) is 0 Å². The zero-order valence-corrected chi connectivity index (χ0v) is 25.1. The minimum Gasteiger partial charge on any atom is -0.545 e. The van der Waals surface area contributed by atoms with Gasteiger partial charge in [0.05, 0.1) is 5.97 Å². The van der Waals surface area contributed by atoms with Crippen LogP contribution in [0.2, 0.25) is 0 Å². The Hall–Kier alpha value is -4.65. The highest BCUT2D eigenvalue weighted by molar-refractivity contribution is 6.09. The van der Waals surface area contributed by atoms with Gasteiger partial charge in [-0.2, -0.15) is 0 Å². The summed E-state index contributed by atoms with van der Waals surface area (Å²) in [5.74, 6) is -9.52. The van der Waals surface area contributed by atoms with Gasteiger partial charge in [0.1, 0.15) is 11.5 Å². The largest absolute Gasteiger partial charge is 0.545 e. The lowest BCUT2D eigenvalue weighted by molar-refractivity contribution is -0.255. The molecular formula is C38H27F4O3-. The minimum absolute atomic E-state index is 0.0656. The molecule has 0 amide bonds. The topological polar surface area (TPSA) is 49.4 Å². The second kappa shape index (κ2) is 8.96. The number of aryl methyl sites for hydroxylation is 1. The molecule has 5 aromatic carbocycles. The molecule has 8 rings (SSSR count). The average molecular weight is 608 g/mol.